The number of hydrogen-bond acceptors (Lipinski definition) is 2. The van der Waals surface area contributed by atoms with Gasteiger partial charge in [0, 0.05) is 11.5 Å². The summed E-state index contributed by atoms with van der Waals surface area (Å²) in [4.78, 5) is 4.12. The molecule has 0 radical (unpaired) electrons. The van der Waals surface area contributed by atoms with Gasteiger partial charge >= 0.3 is 0 Å². The molecule has 0 fully saturated rings. The van der Waals surface area contributed by atoms with E-state index >= 15 is 0 Å². The molecule has 0 amide bonds. The van der Waals surface area contributed by atoms with E-state index in [4.69, 9.17) is 5.11 Å². The number of allylic oxidation sites excluding steroid dienone is 1. The molecule has 1 aromatic rings. The monoisotopic (exact) mass is 227 g/mol. The Morgan fingerprint density at radius 2 is 2.33 bits per heavy atom. The lowest BCUT2D eigenvalue weighted by Crippen LogP contribution is -1.86. The van der Waals surface area contributed by atoms with Crippen molar-refractivity contribution in [1.29, 1.82) is 0 Å². The molecule has 0 saturated heterocycles. The zero-order valence-corrected chi connectivity index (χ0v) is 8.16. The van der Waals surface area contributed by atoms with E-state index in [1.165, 1.54) is 0 Å². The summed E-state index contributed by atoms with van der Waals surface area (Å²) in [6, 6.07) is 3.74. The van der Waals surface area contributed by atoms with Gasteiger partial charge in [-0.05, 0) is 17.7 Å². The number of aromatic nitrogens is 1. The molecule has 0 aromatic carbocycles. The van der Waals surface area contributed by atoms with Gasteiger partial charge < -0.3 is 5.11 Å². The van der Waals surface area contributed by atoms with E-state index in [9.17, 15) is 0 Å². The van der Waals surface area contributed by atoms with E-state index in [-0.39, 0.29) is 6.61 Å². The molecular weight excluding hydrogens is 218 g/mol. The summed E-state index contributed by atoms with van der Waals surface area (Å²) in [5, 5.41) is 9.57. The summed E-state index contributed by atoms with van der Waals surface area (Å²) in [5.41, 5.74) is 1.75. The van der Waals surface area contributed by atoms with Gasteiger partial charge in [-0.1, -0.05) is 28.1 Å². The van der Waals surface area contributed by atoms with E-state index in [1.807, 2.05) is 24.3 Å². The van der Waals surface area contributed by atoms with Crippen LogP contribution in [-0.2, 0) is 6.61 Å². The zero-order valence-electron chi connectivity index (χ0n) is 6.57. The third kappa shape index (κ3) is 2.75. The molecule has 0 bridgehead atoms. The Morgan fingerprint density at radius 3 is 2.83 bits per heavy atom. The number of hydrogen-bond donors (Lipinski definition) is 1. The molecule has 0 spiro atoms. The molecule has 0 saturated carbocycles. The molecular formula is C9H10BrNO. The Kier molecular flexibility index (Phi) is 3.97. The average Bonchev–Trinajstić information content (AvgIpc) is 2.15. The second-order valence-electron chi connectivity index (χ2n) is 2.31. The Balaban J connectivity index is 2.71. The van der Waals surface area contributed by atoms with Crippen LogP contribution in [0.4, 0.5) is 0 Å². The Hall–Kier alpha value is -0.670. The Labute approximate surface area is 80.1 Å². The maximum absolute atomic E-state index is 8.74. The molecule has 64 valence electrons. The van der Waals surface area contributed by atoms with E-state index < -0.39 is 0 Å². The third-order valence-electron chi connectivity index (χ3n) is 1.41. The number of aliphatic hydroxyl groups excluding tert-OH is 1. The standard InChI is InChI=1S/C9H10BrNO/c10-5-1-2-9-4-3-8(7-12)6-11-9/h1-4,6,12H,5,7H2. The summed E-state index contributed by atoms with van der Waals surface area (Å²) < 4.78 is 0. The molecule has 0 unspecified atom stereocenters. The van der Waals surface area contributed by atoms with Gasteiger partial charge in [0.25, 0.3) is 0 Å². The van der Waals surface area contributed by atoms with Crippen LogP contribution in [0.25, 0.3) is 6.08 Å². The molecule has 1 rings (SSSR count). The fourth-order valence-electron chi connectivity index (χ4n) is 0.793. The van der Waals surface area contributed by atoms with E-state index in [0.717, 1.165) is 16.6 Å². The van der Waals surface area contributed by atoms with Crippen LogP contribution in [-0.4, -0.2) is 15.4 Å². The largest absolute Gasteiger partial charge is 0.392 e. The second-order valence-corrected chi connectivity index (χ2v) is 2.95. The van der Waals surface area contributed by atoms with Crippen LogP contribution in [0.1, 0.15) is 11.3 Å². The minimum Gasteiger partial charge on any atom is -0.392 e. The maximum atomic E-state index is 8.74. The fraction of sp³-hybridized carbons (Fsp3) is 0.222. The minimum atomic E-state index is 0.0510. The van der Waals surface area contributed by atoms with Crippen molar-refractivity contribution >= 4 is 22.0 Å². The van der Waals surface area contributed by atoms with Crippen LogP contribution in [0.5, 0.6) is 0 Å². The second kappa shape index (κ2) is 5.06. The van der Waals surface area contributed by atoms with Gasteiger partial charge in [-0.3, -0.25) is 4.98 Å². The minimum absolute atomic E-state index is 0.0510. The van der Waals surface area contributed by atoms with Crippen molar-refractivity contribution in [1.82, 2.24) is 4.98 Å². The maximum Gasteiger partial charge on any atom is 0.0696 e. The topological polar surface area (TPSA) is 33.1 Å². The summed E-state index contributed by atoms with van der Waals surface area (Å²) in [6.45, 7) is 0.0510. The van der Waals surface area contributed by atoms with Crippen molar-refractivity contribution in [2.24, 2.45) is 0 Å². The van der Waals surface area contributed by atoms with Crippen molar-refractivity contribution in [3.8, 4) is 0 Å². The first-order valence-electron chi connectivity index (χ1n) is 3.65. The Bertz CT molecular complexity index is 256. The van der Waals surface area contributed by atoms with Crippen LogP contribution in [0.2, 0.25) is 0 Å². The summed E-state index contributed by atoms with van der Waals surface area (Å²) in [6.07, 6.45) is 5.57. The molecule has 0 aliphatic carbocycles. The number of pyridine rings is 1. The van der Waals surface area contributed by atoms with Crippen LogP contribution in [0, 0.1) is 0 Å². The summed E-state index contributed by atoms with van der Waals surface area (Å²) >= 11 is 3.28. The van der Waals surface area contributed by atoms with Gasteiger partial charge in [0.15, 0.2) is 0 Å². The molecule has 0 aliphatic heterocycles. The van der Waals surface area contributed by atoms with Gasteiger partial charge in [-0.2, -0.15) is 0 Å². The van der Waals surface area contributed by atoms with Crippen LogP contribution in [0.3, 0.4) is 0 Å². The first kappa shape index (κ1) is 9.42. The highest BCUT2D eigenvalue weighted by atomic mass is 79.9. The van der Waals surface area contributed by atoms with Crippen LogP contribution >= 0.6 is 15.9 Å². The van der Waals surface area contributed by atoms with E-state index in [2.05, 4.69) is 20.9 Å². The lowest BCUT2D eigenvalue weighted by Gasteiger charge is -1.95. The van der Waals surface area contributed by atoms with Crippen molar-refractivity contribution in [3.63, 3.8) is 0 Å². The van der Waals surface area contributed by atoms with Gasteiger partial charge in [-0.15, -0.1) is 0 Å². The number of aliphatic hydroxyl groups is 1. The predicted molar refractivity (Wildman–Crippen MR) is 53.0 cm³/mol. The van der Waals surface area contributed by atoms with Crippen molar-refractivity contribution < 1.29 is 5.11 Å². The van der Waals surface area contributed by atoms with Crippen molar-refractivity contribution in [2.45, 2.75) is 6.61 Å². The third-order valence-corrected chi connectivity index (χ3v) is 1.78. The molecule has 2 nitrogen and oxygen atoms in total. The average molecular weight is 228 g/mol. The SMILES string of the molecule is OCc1ccc(C=CCBr)nc1. The highest BCUT2D eigenvalue weighted by molar-refractivity contribution is 9.09. The van der Waals surface area contributed by atoms with Crippen LogP contribution < -0.4 is 0 Å². The van der Waals surface area contributed by atoms with E-state index in [1.54, 1.807) is 6.20 Å². The molecule has 1 N–H and O–H groups in total. The number of rotatable bonds is 3. The number of nitrogens with zero attached hydrogens (tertiary/aromatic N) is 1. The van der Waals surface area contributed by atoms with Crippen molar-refractivity contribution in [2.75, 3.05) is 5.33 Å². The quantitative estimate of drug-likeness (QED) is 0.802. The number of halogens is 1. The lowest BCUT2D eigenvalue weighted by molar-refractivity contribution is 0.281. The van der Waals surface area contributed by atoms with Gasteiger partial charge in [0.1, 0.15) is 0 Å². The molecule has 0 aliphatic rings. The van der Waals surface area contributed by atoms with Gasteiger partial charge in [-0.25, -0.2) is 0 Å². The molecule has 1 aromatic heterocycles. The van der Waals surface area contributed by atoms with Crippen LogP contribution in [0.15, 0.2) is 24.4 Å². The highest BCUT2D eigenvalue weighted by Crippen LogP contribution is 2.02. The molecule has 0 atom stereocenters. The van der Waals surface area contributed by atoms with Crippen molar-refractivity contribution in [3.05, 3.63) is 35.7 Å². The van der Waals surface area contributed by atoms with Gasteiger partial charge in [0.05, 0.1) is 12.3 Å². The smallest absolute Gasteiger partial charge is 0.0696 e. The van der Waals surface area contributed by atoms with Gasteiger partial charge in [0.2, 0.25) is 0 Å². The fourth-order valence-corrected chi connectivity index (χ4v) is 0.980. The van der Waals surface area contributed by atoms with E-state index in [0.29, 0.717) is 0 Å². The lowest BCUT2D eigenvalue weighted by atomic mass is 10.2. The highest BCUT2D eigenvalue weighted by Gasteiger charge is 1.89. The number of alkyl halides is 1. The first-order chi connectivity index (χ1) is 5.86. The Morgan fingerprint density at radius 1 is 1.50 bits per heavy atom. The predicted octanol–water partition coefficient (Wildman–Crippen LogP) is 1.98. The molecule has 3 heteroatoms. The molecule has 12 heavy (non-hydrogen) atoms. The molecule has 1 heterocycles. The summed E-state index contributed by atoms with van der Waals surface area (Å²) in [5.74, 6) is 0. The first-order valence-corrected chi connectivity index (χ1v) is 4.77. The zero-order chi connectivity index (χ0) is 8.81. The normalized spacial score (nSPS) is 10.8. The summed E-state index contributed by atoms with van der Waals surface area (Å²) in [7, 11) is 0.